The number of hydrogen-bond acceptors (Lipinski definition) is 6. The summed E-state index contributed by atoms with van der Waals surface area (Å²) in [5, 5.41) is 39.1. The highest BCUT2D eigenvalue weighted by atomic mass is 16.7. The van der Waals surface area contributed by atoms with Gasteiger partial charge in [-0.2, -0.15) is 15.8 Å². The topological polar surface area (TPSA) is 114 Å². The van der Waals surface area contributed by atoms with E-state index in [1.54, 1.807) is 0 Å². The Labute approximate surface area is 164 Å². The van der Waals surface area contributed by atoms with Crippen LogP contribution < -0.4 is 0 Å². The molecular weight excluding hydrogens is 352 g/mol. The summed E-state index contributed by atoms with van der Waals surface area (Å²) in [6.45, 7) is 1.82. The van der Waals surface area contributed by atoms with E-state index in [9.17, 15) is 15.8 Å². The third-order valence-electron chi connectivity index (χ3n) is 6.42. The average Bonchev–Trinajstić information content (AvgIpc) is 2.72. The van der Waals surface area contributed by atoms with E-state index in [1.807, 2.05) is 43.3 Å². The van der Waals surface area contributed by atoms with Crippen LogP contribution in [0.15, 0.2) is 35.9 Å². The van der Waals surface area contributed by atoms with Crippen molar-refractivity contribution in [1.82, 2.24) is 0 Å². The largest absolute Gasteiger partial charge is 0.447 e. The smallest absolute Gasteiger partial charge is 0.218 e. The summed E-state index contributed by atoms with van der Waals surface area (Å²) >= 11 is 0. The zero-order valence-corrected chi connectivity index (χ0v) is 15.6. The molecule has 140 valence electrons. The van der Waals surface area contributed by atoms with E-state index in [-0.39, 0.29) is 5.90 Å². The standard InChI is InChI=1S/C22H20N4O2/c1-15(11-16-7-3-2-4-8-16)18-21(14-25)19(26)28-22(27-18)10-6-5-9-17(22)20(21,12-23)13-24/h2-4,7-8,11,17-18,26H,5-6,9-10H2,1H3/b15-11+,26-19?/t17-,18-,21+,22+/m0/s1. The number of nitrogens with one attached hydrogen (secondary N) is 1. The molecule has 2 bridgehead atoms. The molecule has 28 heavy (non-hydrogen) atoms. The number of benzene rings is 1. The van der Waals surface area contributed by atoms with Crippen LogP contribution in [0.3, 0.4) is 0 Å². The van der Waals surface area contributed by atoms with Gasteiger partial charge in [0.2, 0.25) is 11.7 Å². The SMILES string of the molecule is C/C(=C\c1ccccc1)[C@@H]1O[C@@]23CCCC[C@H]2C(C#N)(C#N)[C@@]1(C#N)C(=N)O3. The van der Waals surface area contributed by atoms with Crippen LogP contribution in [0.25, 0.3) is 6.08 Å². The minimum Gasteiger partial charge on any atom is -0.447 e. The number of rotatable bonds is 2. The maximum atomic E-state index is 10.2. The summed E-state index contributed by atoms with van der Waals surface area (Å²) in [5.41, 5.74) is -1.87. The van der Waals surface area contributed by atoms with E-state index >= 15 is 0 Å². The normalized spacial score (nSPS) is 35.6. The fraction of sp³-hybridized carbons (Fsp3) is 0.455. The first kappa shape index (κ1) is 18.2. The lowest BCUT2D eigenvalue weighted by Gasteiger charge is -2.63. The Morgan fingerprint density at radius 1 is 1.14 bits per heavy atom. The number of nitriles is 3. The van der Waals surface area contributed by atoms with Crippen molar-refractivity contribution >= 4 is 12.0 Å². The lowest BCUT2D eigenvalue weighted by molar-refractivity contribution is -0.349. The summed E-state index contributed by atoms with van der Waals surface area (Å²) in [7, 11) is 0. The van der Waals surface area contributed by atoms with Crippen LogP contribution in [-0.4, -0.2) is 17.8 Å². The predicted octanol–water partition coefficient (Wildman–Crippen LogP) is 3.93. The van der Waals surface area contributed by atoms with Crippen molar-refractivity contribution in [3.63, 3.8) is 0 Å². The molecule has 1 N–H and O–H groups in total. The Morgan fingerprint density at radius 3 is 2.50 bits per heavy atom. The van der Waals surface area contributed by atoms with Gasteiger partial charge >= 0.3 is 0 Å². The fourth-order valence-electron chi connectivity index (χ4n) is 5.15. The van der Waals surface area contributed by atoms with Crippen molar-refractivity contribution in [3.8, 4) is 18.2 Å². The summed E-state index contributed by atoms with van der Waals surface area (Å²) in [5.74, 6) is -2.08. The van der Waals surface area contributed by atoms with Crippen molar-refractivity contribution < 1.29 is 9.47 Å². The van der Waals surface area contributed by atoms with Crippen molar-refractivity contribution in [2.75, 3.05) is 0 Å². The van der Waals surface area contributed by atoms with Gasteiger partial charge in [0.25, 0.3) is 0 Å². The van der Waals surface area contributed by atoms with Crippen LogP contribution in [0.4, 0.5) is 0 Å². The monoisotopic (exact) mass is 372 g/mol. The molecule has 4 atom stereocenters. The van der Waals surface area contributed by atoms with Gasteiger partial charge in [0.1, 0.15) is 6.10 Å². The molecule has 1 spiro atoms. The molecule has 6 heteroatoms. The Kier molecular flexibility index (Phi) is 4.03. The zero-order chi connectivity index (χ0) is 20.0. The lowest BCUT2D eigenvalue weighted by atomic mass is 9.48. The summed E-state index contributed by atoms with van der Waals surface area (Å²) in [6.07, 6.45) is 3.71. The number of ether oxygens (including phenoxy) is 2. The van der Waals surface area contributed by atoms with Crippen LogP contribution in [0.1, 0.15) is 38.2 Å². The predicted molar refractivity (Wildman–Crippen MR) is 100 cm³/mol. The van der Waals surface area contributed by atoms with Crippen LogP contribution in [0.2, 0.25) is 0 Å². The Bertz CT molecular complexity index is 967. The Morgan fingerprint density at radius 2 is 1.86 bits per heavy atom. The lowest BCUT2D eigenvalue weighted by Crippen LogP contribution is -2.76. The zero-order valence-electron chi connectivity index (χ0n) is 15.6. The van der Waals surface area contributed by atoms with Gasteiger partial charge in [-0.3, -0.25) is 5.41 Å². The van der Waals surface area contributed by atoms with Crippen molar-refractivity contribution in [1.29, 1.82) is 21.2 Å². The minimum atomic E-state index is -1.80. The van der Waals surface area contributed by atoms with Gasteiger partial charge < -0.3 is 9.47 Å². The van der Waals surface area contributed by atoms with Gasteiger partial charge in [0.15, 0.2) is 10.8 Å². The molecule has 4 fully saturated rings. The number of fused-ring (bicyclic) bond motifs is 2. The van der Waals surface area contributed by atoms with Gasteiger partial charge in [0, 0.05) is 6.42 Å². The summed E-state index contributed by atoms with van der Waals surface area (Å²) in [6, 6.07) is 16.0. The second-order valence-electron chi connectivity index (χ2n) is 7.79. The van der Waals surface area contributed by atoms with E-state index in [1.165, 1.54) is 0 Å². The van der Waals surface area contributed by atoms with Gasteiger partial charge in [-0.15, -0.1) is 0 Å². The van der Waals surface area contributed by atoms with Crippen molar-refractivity contribution in [2.24, 2.45) is 16.7 Å². The van der Waals surface area contributed by atoms with E-state index < -0.39 is 28.6 Å². The highest BCUT2D eigenvalue weighted by Gasteiger charge is 2.80. The second-order valence-corrected chi connectivity index (χ2v) is 7.79. The third kappa shape index (κ3) is 2.06. The summed E-state index contributed by atoms with van der Waals surface area (Å²) in [4.78, 5) is 0. The Hall–Kier alpha value is -3.14. The molecule has 1 saturated carbocycles. The van der Waals surface area contributed by atoms with Crippen LogP contribution in [0, 0.1) is 56.2 Å². The fourth-order valence-corrected chi connectivity index (χ4v) is 5.15. The molecule has 3 aliphatic heterocycles. The molecule has 4 aliphatic rings. The molecule has 3 heterocycles. The van der Waals surface area contributed by atoms with Crippen molar-refractivity contribution in [2.45, 2.75) is 44.5 Å². The van der Waals surface area contributed by atoms with E-state index in [0.29, 0.717) is 18.4 Å². The van der Waals surface area contributed by atoms with Crippen molar-refractivity contribution in [3.05, 3.63) is 41.5 Å². The molecule has 1 aliphatic carbocycles. The van der Waals surface area contributed by atoms with Gasteiger partial charge in [-0.25, -0.2) is 0 Å². The molecule has 0 unspecified atom stereocenters. The number of nitrogens with zero attached hydrogens (tertiary/aromatic N) is 3. The van der Waals surface area contributed by atoms with Crippen LogP contribution in [-0.2, 0) is 9.47 Å². The first-order valence-electron chi connectivity index (χ1n) is 9.42. The molecule has 1 aromatic carbocycles. The molecule has 0 radical (unpaired) electrons. The van der Waals surface area contributed by atoms with Gasteiger partial charge in [-0.1, -0.05) is 42.8 Å². The first-order chi connectivity index (χ1) is 13.5. The quantitative estimate of drug-likeness (QED) is 0.845. The molecule has 0 aromatic heterocycles. The molecular formula is C22H20N4O2. The molecule has 6 nitrogen and oxygen atoms in total. The molecule has 3 saturated heterocycles. The summed E-state index contributed by atoms with van der Waals surface area (Å²) < 4.78 is 12.2. The number of hydrogen-bond donors (Lipinski definition) is 1. The highest BCUT2D eigenvalue weighted by molar-refractivity contribution is 5.89. The minimum absolute atomic E-state index is 0.326. The van der Waals surface area contributed by atoms with Crippen LogP contribution >= 0.6 is 0 Å². The van der Waals surface area contributed by atoms with Gasteiger partial charge in [-0.05, 0) is 30.9 Å². The van der Waals surface area contributed by atoms with Gasteiger partial charge in [0.05, 0.1) is 24.1 Å². The molecule has 0 amide bonds. The van der Waals surface area contributed by atoms with Crippen LogP contribution in [0.5, 0.6) is 0 Å². The first-order valence-corrected chi connectivity index (χ1v) is 9.42. The maximum absolute atomic E-state index is 10.2. The maximum Gasteiger partial charge on any atom is 0.218 e. The molecule has 5 rings (SSSR count). The van der Waals surface area contributed by atoms with E-state index in [0.717, 1.165) is 18.4 Å². The highest BCUT2D eigenvalue weighted by Crippen LogP contribution is 2.66. The van der Waals surface area contributed by atoms with E-state index in [4.69, 9.17) is 14.9 Å². The Balaban J connectivity index is 1.93. The van der Waals surface area contributed by atoms with E-state index in [2.05, 4.69) is 18.2 Å². The second kappa shape index (κ2) is 6.20. The third-order valence-corrected chi connectivity index (χ3v) is 6.42. The average molecular weight is 372 g/mol. The molecule has 1 aromatic rings.